The van der Waals surface area contributed by atoms with Crippen LogP contribution < -0.4 is 5.32 Å². The van der Waals surface area contributed by atoms with Crippen molar-refractivity contribution in [1.82, 2.24) is 10.2 Å². The summed E-state index contributed by atoms with van der Waals surface area (Å²) in [5.74, 6) is 0. The van der Waals surface area contributed by atoms with E-state index in [1.165, 1.54) is 22.0 Å². The third kappa shape index (κ3) is 6.52. The van der Waals surface area contributed by atoms with Gasteiger partial charge in [0.2, 0.25) is 0 Å². The Morgan fingerprint density at radius 3 is 2.79 bits per heavy atom. The van der Waals surface area contributed by atoms with Crippen LogP contribution in [0.3, 0.4) is 0 Å². The molecule has 0 saturated heterocycles. The van der Waals surface area contributed by atoms with Crippen molar-refractivity contribution in [3.05, 3.63) is 33.8 Å². The van der Waals surface area contributed by atoms with Crippen LogP contribution in [0.2, 0.25) is 0 Å². The van der Waals surface area contributed by atoms with E-state index >= 15 is 0 Å². The number of halogens is 1. The Hall–Kier alpha value is -0.420. The molecule has 0 aliphatic heterocycles. The van der Waals surface area contributed by atoms with Crippen LogP contribution in [0.5, 0.6) is 0 Å². The minimum atomic E-state index is 0.771. The molecule has 1 rings (SSSR count). The normalized spacial score (nSPS) is 11.2. The molecular weight excluding hydrogens is 304 g/mol. The summed E-state index contributed by atoms with van der Waals surface area (Å²) in [6, 6.07) is 6.62. The van der Waals surface area contributed by atoms with Crippen molar-refractivity contribution in [2.24, 2.45) is 0 Å². The lowest BCUT2D eigenvalue weighted by Crippen LogP contribution is -2.22. The van der Waals surface area contributed by atoms with E-state index in [4.69, 9.17) is 4.74 Å². The zero-order valence-electron chi connectivity index (χ0n) is 12.2. The van der Waals surface area contributed by atoms with Crippen LogP contribution in [0.4, 0.5) is 0 Å². The van der Waals surface area contributed by atoms with Crippen LogP contribution in [0.1, 0.15) is 24.5 Å². The number of rotatable bonds is 9. The van der Waals surface area contributed by atoms with Crippen LogP contribution >= 0.6 is 15.9 Å². The molecule has 0 aromatic heterocycles. The zero-order chi connectivity index (χ0) is 14.1. The van der Waals surface area contributed by atoms with Crippen LogP contribution in [0.15, 0.2) is 22.7 Å². The fraction of sp³-hybridized carbons (Fsp3) is 0.600. The summed E-state index contributed by atoms with van der Waals surface area (Å²) in [4.78, 5) is 2.26. The average molecular weight is 329 g/mol. The Balaban J connectivity index is 2.51. The number of ether oxygens (including phenoxy) is 1. The first-order chi connectivity index (χ1) is 9.17. The molecule has 0 spiro atoms. The summed E-state index contributed by atoms with van der Waals surface area (Å²) < 4.78 is 6.28. The first kappa shape index (κ1) is 16.6. The van der Waals surface area contributed by atoms with Gasteiger partial charge in [0, 0.05) is 31.2 Å². The second-order valence-electron chi connectivity index (χ2n) is 4.83. The number of likely N-dealkylation sites (N-methyl/N-ethyl adjacent to an activating group) is 1. The Bertz CT molecular complexity index is 371. The van der Waals surface area contributed by atoms with Gasteiger partial charge < -0.3 is 10.1 Å². The fourth-order valence-electron chi connectivity index (χ4n) is 1.86. The van der Waals surface area contributed by atoms with Gasteiger partial charge in [-0.1, -0.05) is 35.0 Å². The molecule has 0 unspecified atom stereocenters. The molecule has 0 aliphatic carbocycles. The summed E-state index contributed by atoms with van der Waals surface area (Å²) in [6.45, 7) is 6.84. The van der Waals surface area contributed by atoms with E-state index in [2.05, 4.69) is 58.3 Å². The van der Waals surface area contributed by atoms with Gasteiger partial charge in [-0.2, -0.15) is 0 Å². The van der Waals surface area contributed by atoms with E-state index in [1.807, 2.05) is 0 Å². The average Bonchev–Trinajstić information content (AvgIpc) is 2.40. The molecule has 0 radical (unpaired) electrons. The molecule has 4 heteroatoms. The molecule has 0 atom stereocenters. The Kier molecular flexibility index (Phi) is 8.30. The largest absolute Gasteiger partial charge is 0.383 e. The number of methoxy groups -OCH3 is 1. The van der Waals surface area contributed by atoms with Crippen molar-refractivity contribution in [1.29, 1.82) is 0 Å². The van der Waals surface area contributed by atoms with Gasteiger partial charge in [-0.15, -0.1) is 0 Å². The number of hydrogen-bond acceptors (Lipinski definition) is 3. The zero-order valence-corrected chi connectivity index (χ0v) is 13.8. The van der Waals surface area contributed by atoms with Gasteiger partial charge in [0.05, 0.1) is 6.61 Å². The summed E-state index contributed by atoms with van der Waals surface area (Å²) in [5.41, 5.74) is 2.64. The molecule has 1 aromatic carbocycles. The molecular formula is C15H25BrN2O. The highest BCUT2D eigenvalue weighted by Crippen LogP contribution is 2.20. The van der Waals surface area contributed by atoms with Crippen molar-refractivity contribution >= 4 is 15.9 Å². The van der Waals surface area contributed by atoms with E-state index in [0.717, 1.165) is 32.8 Å². The topological polar surface area (TPSA) is 24.5 Å². The standard InChI is InChI=1S/C15H25BrN2O/c1-4-7-17-11-13-5-6-14(15(16)10-13)12-18(2)8-9-19-3/h5-6,10,17H,4,7-9,11-12H2,1-3H3. The Labute approximate surface area is 125 Å². The number of nitrogens with one attached hydrogen (secondary N) is 1. The molecule has 1 aromatic rings. The van der Waals surface area contributed by atoms with Gasteiger partial charge in [0.15, 0.2) is 0 Å². The van der Waals surface area contributed by atoms with E-state index in [1.54, 1.807) is 7.11 Å². The minimum Gasteiger partial charge on any atom is -0.383 e. The predicted molar refractivity (Wildman–Crippen MR) is 84.3 cm³/mol. The smallest absolute Gasteiger partial charge is 0.0589 e. The monoisotopic (exact) mass is 328 g/mol. The van der Waals surface area contributed by atoms with Crippen molar-refractivity contribution < 1.29 is 4.74 Å². The van der Waals surface area contributed by atoms with Crippen LogP contribution in [-0.4, -0.2) is 38.8 Å². The van der Waals surface area contributed by atoms with E-state index < -0.39 is 0 Å². The quantitative estimate of drug-likeness (QED) is 0.705. The number of nitrogens with zero attached hydrogens (tertiary/aromatic N) is 1. The highest BCUT2D eigenvalue weighted by Gasteiger charge is 2.05. The molecule has 0 aliphatic rings. The summed E-state index contributed by atoms with van der Waals surface area (Å²) in [7, 11) is 3.85. The van der Waals surface area contributed by atoms with Crippen molar-refractivity contribution in [2.75, 3.05) is 33.9 Å². The molecule has 0 bridgehead atoms. The maximum absolute atomic E-state index is 5.09. The Morgan fingerprint density at radius 2 is 2.16 bits per heavy atom. The first-order valence-electron chi connectivity index (χ1n) is 6.82. The lowest BCUT2D eigenvalue weighted by molar-refractivity contribution is 0.158. The van der Waals surface area contributed by atoms with Gasteiger partial charge in [-0.3, -0.25) is 4.90 Å². The van der Waals surface area contributed by atoms with Crippen LogP contribution in [0, 0.1) is 0 Å². The van der Waals surface area contributed by atoms with Gasteiger partial charge in [-0.25, -0.2) is 0 Å². The van der Waals surface area contributed by atoms with Crippen molar-refractivity contribution in [3.8, 4) is 0 Å². The molecule has 19 heavy (non-hydrogen) atoms. The van der Waals surface area contributed by atoms with Gasteiger partial charge in [0.25, 0.3) is 0 Å². The second kappa shape index (κ2) is 9.48. The third-order valence-electron chi connectivity index (χ3n) is 2.99. The Morgan fingerprint density at radius 1 is 1.37 bits per heavy atom. The lowest BCUT2D eigenvalue weighted by Gasteiger charge is -2.17. The number of benzene rings is 1. The molecule has 3 nitrogen and oxygen atoms in total. The van der Waals surface area contributed by atoms with Gasteiger partial charge in [-0.05, 0) is 37.2 Å². The fourth-order valence-corrected chi connectivity index (χ4v) is 2.41. The predicted octanol–water partition coefficient (Wildman–Crippen LogP) is 3.03. The summed E-state index contributed by atoms with van der Waals surface area (Å²) in [5, 5.41) is 3.42. The highest BCUT2D eigenvalue weighted by molar-refractivity contribution is 9.10. The molecule has 108 valence electrons. The molecule has 0 saturated carbocycles. The van der Waals surface area contributed by atoms with Crippen LogP contribution in [-0.2, 0) is 17.8 Å². The van der Waals surface area contributed by atoms with Gasteiger partial charge in [0.1, 0.15) is 0 Å². The second-order valence-corrected chi connectivity index (χ2v) is 5.69. The maximum atomic E-state index is 5.09. The SMILES string of the molecule is CCCNCc1ccc(CN(C)CCOC)c(Br)c1. The molecule has 0 fully saturated rings. The maximum Gasteiger partial charge on any atom is 0.0589 e. The van der Waals surface area contributed by atoms with Crippen LogP contribution in [0.25, 0.3) is 0 Å². The van der Waals surface area contributed by atoms with Crippen molar-refractivity contribution in [3.63, 3.8) is 0 Å². The minimum absolute atomic E-state index is 0.771. The van der Waals surface area contributed by atoms with E-state index in [9.17, 15) is 0 Å². The van der Waals surface area contributed by atoms with Crippen molar-refractivity contribution in [2.45, 2.75) is 26.4 Å². The van der Waals surface area contributed by atoms with Gasteiger partial charge >= 0.3 is 0 Å². The third-order valence-corrected chi connectivity index (χ3v) is 3.73. The summed E-state index contributed by atoms with van der Waals surface area (Å²) >= 11 is 3.67. The van der Waals surface area contributed by atoms with E-state index in [0.29, 0.717) is 0 Å². The molecule has 1 N–H and O–H groups in total. The van der Waals surface area contributed by atoms with E-state index in [-0.39, 0.29) is 0 Å². The number of hydrogen-bond donors (Lipinski definition) is 1. The first-order valence-corrected chi connectivity index (χ1v) is 7.62. The molecule has 0 amide bonds. The molecule has 0 heterocycles. The summed E-state index contributed by atoms with van der Waals surface area (Å²) in [6.07, 6.45) is 1.17. The highest BCUT2D eigenvalue weighted by atomic mass is 79.9. The lowest BCUT2D eigenvalue weighted by atomic mass is 10.1.